The Bertz CT molecular complexity index is 776. The van der Waals surface area contributed by atoms with Gasteiger partial charge in [-0.1, -0.05) is 18.2 Å². The molecule has 0 aromatic heterocycles. The first-order chi connectivity index (χ1) is 11.5. The number of ether oxygens (including phenoxy) is 1. The van der Waals surface area contributed by atoms with E-state index in [2.05, 4.69) is 11.8 Å². The molecule has 2 aromatic rings. The van der Waals surface area contributed by atoms with Gasteiger partial charge in [-0.15, -0.1) is 0 Å². The lowest BCUT2D eigenvalue weighted by molar-refractivity contribution is 0.342. The fourth-order valence-corrected chi connectivity index (χ4v) is 4.57. The maximum Gasteiger partial charge on any atom is 0.243 e. The second-order valence-electron chi connectivity index (χ2n) is 5.92. The Morgan fingerprint density at radius 1 is 1.00 bits per heavy atom. The first-order valence-electron chi connectivity index (χ1n) is 7.98. The molecule has 0 aliphatic carbocycles. The SMILES string of the molecule is COc1ccc(N2CCN(S(=O)(=O)c3ccccc3)CC2C)cc1. The molecule has 1 saturated heterocycles. The van der Waals surface area contributed by atoms with Crippen molar-refractivity contribution in [2.45, 2.75) is 17.9 Å². The lowest BCUT2D eigenvalue weighted by Crippen LogP contribution is -2.53. The van der Waals surface area contributed by atoms with Crippen molar-refractivity contribution >= 4 is 15.7 Å². The average Bonchev–Trinajstić information content (AvgIpc) is 2.62. The third kappa shape index (κ3) is 3.25. The lowest BCUT2D eigenvalue weighted by Gasteiger charge is -2.40. The zero-order valence-electron chi connectivity index (χ0n) is 13.9. The van der Waals surface area contributed by atoms with Crippen LogP contribution in [0.2, 0.25) is 0 Å². The molecule has 128 valence electrons. The van der Waals surface area contributed by atoms with E-state index in [-0.39, 0.29) is 6.04 Å². The quantitative estimate of drug-likeness (QED) is 0.854. The number of anilines is 1. The van der Waals surface area contributed by atoms with Crippen molar-refractivity contribution in [3.8, 4) is 5.75 Å². The van der Waals surface area contributed by atoms with Crippen molar-refractivity contribution in [3.05, 3.63) is 54.6 Å². The number of hydrogen-bond donors (Lipinski definition) is 0. The Labute approximate surface area is 143 Å². The molecule has 1 unspecified atom stereocenters. The Hall–Kier alpha value is -2.05. The smallest absolute Gasteiger partial charge is 0.243 e. The van der Waals surface area contributed by atoms with Crippen LogP contribution >= 0.6 is 0 Å². The fraction of sp³-hybridized carbons (Fsp3) is 0.333. The van der Waals surface area contributed by atoms with E-state index in [0.717, 1.165) is 11.4 Å². The van der Waals surface area contributed by atoms with Gasteiger partial charge >= 0.3 is 0 Å². The molecule has 5 nitrogen and oxygen atoms in total. The molecule has 24 heavy (non-hydrogen) atoms. The summed E-state index contributed by atoms with van der Waals surface area (Å²) in [4.78, 5) is 2.59. The van der Waals surface area contributed by atoms with Crippen LogP contribution in [0.5, 0.6) is 5.75 Å². The van der Waals surface area contributed by atoms with E-state index >= 15 is 0 Å². The van der Waals surface area contributed by atoms with Crippen LogP contribution < -0.4 is 9.64 Å². The molecule has 0 amide bonds. The summed E-state index contributed by atoms with van der Waals surface area (Å²) in [5.41, 5.74) is 1.08. The summed E-state index contributed by atoms with van der Waals surface area (Å²) < 4.78 is 32.3. The molecule has 1 atom stereocenters. The summed E-state index contributed by atoms with van der Waals surface area (Å²) in [5.74, 6) is 0.816. The maximum atomic E-state index is 12.8. The minimum Gasteiger partial charge on any atom is -0.497 e. The summed E-state index contributed by atoms with van der Waals surface area (Å²) in [6, 6.07) is 16.6. The van der Waals surface area contributed by atoms with Crippen LogP contribution in [0, 0.1) is 0 Å². The van der Waals surface area contributed by atoms with Crippen LogP contribution in [0.4, 0.5) is 5.69 Å². The van der Waals surface area contributed by atoms with E-state index in [1.54, 1.807) is 35.7 Å². The molecule has 2 aromatic carbocycles. The van der Waals surface area contributed by atoms with Crippen LogP contribution in [0.1, 0.15) is 6.92 Å². The van der Waals surface area contributed by atoms with E-state index in [0.29, 0.717) is 24.5 Å². The van der Waals surface area contributed by atoms with Gasteiger partial charge in [0.1, 0.15) is 5.75 Å². The summed E-state index contributed by atoms with van der Waals surface area (Å²) in [7, 11) is -1.78. The highest BCUT2D eigenvalue weighted by Crippen LogP contribution is 2.26. The van der Waals surface area contributed by atoms with Crippen molar-refractivity contribution in [1.29, 1.82) is 0 Å². The normalized spacial score (nSPS) is 19.2. The van der Waals surface area contributed by atoms with Gasteiger partial charge in [-0.2, -0.15) is 4.31 Å². The van der Waals surface area contributed by atoms with Gasteiger partial charge in [0.25, 0.3) is 0 Å². The number of hydrogen-bond acceptors (Lipinski definition) is 4. The first kappa shape index (κ1) is 16.8. The van der Waals surface area contributed by atoms with Gasteiger partial charge in [-0.25, -0.2) is 8.42 Å². The lowest BCUT2D eigenvalue weighted by atomic mass is 10.2. The van der Waals surface area contributed by atoms with Gasteiger partial charge < -0.3 is 9.64 Å². The molecule has 6 heteroatoms. The van der Waals surface area contributed by atoms with E-state index in [4.69, 9.17) is 4.74 Å². The topological polar surface area (TPSA) is 49.9 Å². The van der Waals surface area contributed by atoms with Crippen molar-refractivity contribution in [2.24, 2.45) is 0 Å². The predicted molar refractivity (Wildman–Crippen MR) is 95.0 cm³/mol. The monoisotopic (exact) mass is 346 g/mol. The summed E-state index contributed by atoms with van der Waals surface area (Å²) >= 11 is 0. The van der Waals surface area contributed by atoms with Crippen molar-refractivity contribution < 1.29 is 13.2 Å². The summed E-state index contributed by atoms with van der Waals surface area (Å²) in [5, 5.41) is 0. The second-order valence-corrected chi connectivity index (χ2v) is 7.85. The van der Waals surface area contributed by atoms with Gasteiger partial charge in [0.2, 0.25) is 10.0 Å². The van der Waals surface area contributed by atoms with E-state index < -0.39 is 10.0 Å². The number of nitrogens with zero attached hydrogens (tertiary/aromatic N) is 2. The molecule has 3 rings (SSSR count). The molecule has 0 bridgehead atoms. The standard InChI is InChI=1S/C18H22N2O3S/c1-15-14-19(24(21,22)18-6-4-3-5-7-18)12-13-20(15)16-8-10-17(23-2)11-9-16/h3-11,15H,12-14H2,1-2H3. The largest absolute Gasteiger partial charge is 0.497 e. The number of sulfonamides is 1. The Balaban J connectivity index is 1.75. The van der Waals surface area contributed by atoms with E-state index in [1.165, 1.54) is 0 Å². The van der Waals surface area contributed by atoms with Gasteiger partial charge in [0.15, 0.2) is 0 Å². The van der Waals surface area contributed by atoms with Crippen molar-refractivity contribution in [2.75, 3.05) is 31.6 Å². The van der Waals surface area contributed by atoms with Gasteiger partial charge in [-0.05, 0) is 43.3 Å². The number of benzene rings is 2. The zero-order valence-corrected chi connectivity index (χ0v) is 14.7. The Morgan fingerprint density at radius 3 is 2.25 bits per heavy atom. The number of rotatable bonds is 4. The highest BCUT2D eigenvalue weighted by molar-refractivity contribution is 7.89. The van der Waals surface area contributed by atoms with Gasteiger partial charge in [0.05, 0.1) is 12.0 Å². The van der Waals surface area contributed by atoms with Crippen molar-refractivity contribution in [1.82, 2.24) is 4.31 Å². The van der Waals surface area contributed by atoms with Crippen LogP contribution in [-0.2, 0) is 10.0 Å². The summed E-state index contributed by atoms with van der Waals surface area (Å²) in [6.07, 6.45) is 0. The minimum absolute atomic E-state index is 0.102. The van der Waals surface area contributed by atoms with Crippen molar-refractivity contribution in [3.63, 3.8) is 0 Å². The maximum absolute atomic E-state index is 12.8. The molecule has 0 radical (unpaired) electrons. The fourth-order valence-electron chi connectivity index (χ4n) is 3.04. The van der Waals surface area contributed by atoms with Gasteiger partial charge in [-0.3, -0.25) is 0 Å². The molecular formula is C18H22N2O3S. The van der Waals surface area contributed by atoms with Crippen LogP contribution in [-0.4, -0.2) is 45.5 Å². The molecular weight excluding hydrogens is 324 g/mol. The Kier molecular flexibility index (Phi) is 4.78. The minimum atomic E-state index is -3.42. The van der Waals surface area contributed by atoms with E-state index in [9.17, 15) is 8.42 Å². The second kappa shape index (κ2) is 6.83. The van der Waals surface area contributed by atoms with Gasteiger partial charge in [0, 0.05) is 31.4 Å². The number of methoxy groups -OCH3 is 1. The molecule has 0 saturated carbocycles. The molecule has 1 aliphatic heterocycles. The molecule has 1 fully saturated rings. The number of piperazine rings is 1. The highest BCUT2D eigenvalue weighted by atomic mass is 32.2. The predicted octanol–water partition coefficient (Wildman–Crippen LogP) is 2.59. The van der Waals surface area contributed by atoms with Crippen LogP contribution in [0.25, 0.3) is 0 Å². The molecule has 1 aliphatic rings. The first-order valence-corrected chi connectivity index (χ1v) is 9.42. The third-order valence-electron chi connectivity index (χ3n) is 4.38. The molecule has 0 N–H and O–H groups in total. The molecule has 1 heterocycles. The third-order valence-corrected chi connectivity index (χ3v) is 6.25. The Morgan fingerprint density at radius 2 is 1.67 bits per heavy atom. The average molecular weight is 346 g/mol. The highest BCUT2D eigenvalue weighted by Gasteiger charge is 2.32. The summed E-state index contributed by atoms with van der Waals surface area (Å²) in [6.45, 7) is 3.67. The van der Waals surface area contributed by atoms with E-state index in [1.807, 2.05) is 30.3 Å². The van der Waals surface area contributed by atoms with Crippen LogP contribution in [0.3, 0.4) is 0 Å². The zero-order chi connectivity index (χ0) is 17.2. The molecule has 0 spiro atoms. The van der Waals surface area contributed by atoms with Crippen LogP contribution in [0.15, 0.2) is 59.5 Å².